The van der Waals surface area contributed by atoms with E-state index in [-0.39, 0.29) is 11.6 Å². The second kappa shape index (κ2) is 11.0. The summed E-state index contributed by atoms with van der Waals surface area (Å²) in [6.45, 7) is 7.79. The van der Waals surface area contributed by atoms with Gasteiger partial charge >= 0.3 is 0 Å². The number of thiazole rings is 1. The average Bonchev–Trinajstić information content (AvgIpc) is 3.39. The van der Waals surface area contributed by atoms with Crippen molar-refractivity contribution in [1.82, 2.24) is 25.3 Å². The van der Waals surface area contributed by atoms with Crippen molar-refractivity contribution >= 4 is 17.2 Å². The number of ether oxygens (including phenoxy) is 2. The van der Waals surface area contributed by atoms with Gasteiger partial charge in [0.1, 0.15) is 5.01 Å². The first-order chi connectivity index (χ1) is 14.6. The van der Waals surface area contributed by atoms with Gasteiger partial charge in [-0.1, -0.05) is 35.0 Å². The fraction of sp³-hybridized carbons (Fsp3) is 0.429. The molecule has 1 aromatic carbocycles. The van der Waals surface area contributed by atoms with Crippen molar-refractivity contribution in [2.24, 2.45) is 0 Å². The number of nitrogens with zero attached hydrogens (tertiary/aromatic N) is 4. The maximum absolute atomic E-state index is 12.3. The number of aromatic nitrogens is 4. The molecule has 0 spiro atoms. The van der Waals surface area contributed by atoms with E-state index < -0.39 is 6.29 Å². The molecular formula is C21H27N5O3S. The molecule has 0 atom stereocenters. The molecule has 0 saturated carbocycles. The average molecular weight is 430 g/mol. The largest absolute Gasteiger partial charge is 0.351 e. The fourth-order valence-corrected chi connectivity index (χ4v) is 3.68. The number of rotatable bonds is 11. The molecule has 8 nitrogen and oxygen atoms in total. The first-order valence-corrected chi connectivity index (χ1v) is 10.9. The Bertz CT molecular complexity index is 932. The summed E-state index contributed by atoms with van der Waals surface area (Å²) in [7, 11) is 0. The molecule has 1 N–H and O–H groups in total. The van der Waals surface area contributed by atoms with Gasteiger partial charge in [0.15, 0.2) is 12.0 Å². The SMILES string of the molecule is CCOC(Cn1cc(C(=O)NCCc2csc(-c3ccc(C)cc3)n2)nn1)OCC. The van der Waals surface area contributed by atoms with Gasteiger partial charge < -0.3 is 14.8 Å². The zero-order valence-corrected chi connectivity index (χ0v) is 18.3. The predicted octanol–water partition coefficient (Wildman–Crippen LogP) is 3.08. The minimum atomic E-state index is -0.412. The molecule has 0 aliphatic rings. The van der Waals surface area contributed by atoms with Crippen molar-refractivity contribution in [3.8, 4) is 10.6 Å². The van der Waals surface area contributed by atoms with Crippen molar-refractivity contribution in [3.63, 3.8) is 0 Å². The lowest BCUT2D eigenvalue weighted by molar-refractivity contribution is -0.145. The van der Waals surface area contributed by atoms with Crippen molar-refractivity contribution in [2.75, 3.05) is 19.8 Å². The lowest BCUT2D eigenvalue weighted by atomic mass is 10.2. The van der Waals surface area contributed by atoms with Crippen LogP contribution in [-0.4, -0.2) is 51.9 Å². The van der Waals surface area contributed by atoms with Crippen LogP contribution in [0.4, 0.5) is 0 Å². The minimum Gasteiger partial charge on any atom is -0.351 e. The zero-order chi connectivity index (χ0) is 21.3. The number of carbonyl (C=O) groups is 1. The van der Waals surface area contributed by atoms with Crippen molar-refractivity contribution in [1.29, 1.82) is 0 Å². The molecule has 0 bridgehead atoms. The third-order valence-electron chi connectivity index (χ3n) is 4.33. The summed E-state index contributed by atoms with van der Waals surface area (Å²) in [6.07, 6.45) is 1.84. The van der Waals surface area contributed by atoms with Crippen molar-refractivity contribution < 1.29 is 14.3 Å². The van der Waals surface area contributed by atoms with Crippen LogP contribution in [0.5, 0.6) is 0 Å². The summed E-state index contributed by atoms with van der Waals surface area (Å²) in [5, 5.41) is 13.8. The van der Waals surface area contributed by atoms with Gasteiger partial charge in [0.25, 0.3) is 5.91 Å². The number of aryl methyl sites for hydroxylation is 1. The number of nitrogens with one attached hydrogen (secondary N) is 1. The molecule has 0 aliphatic carbocycles. The Hall–Kier alpha value is -2.62. The highest BCUT2D eigenvalue weighted by Crippen LogP contribution is 2.24. The lowest BCUT2D eigenvalue weighted by Gasteiger charge is -2.16. The molecular weight excluding hydrogens is 402 g/mol. The Balaban J connectivity index is 1.48. The first-order valence-electron chi connectivity index (χ1n) is 10.0. The first kappa shape index (κ1) is 22.1. The van der Waals surface area contributed by atoms with Crippen LogP contribution >= 0.6 is 11.3 Å². The monoisotopic (exact) mass is 429 g/mol. The van der Waals surface area contributed by atoms with Crippen molar-refractivity contribution in [3.05, 3.63) is 52.8 Å². The maximum Gasteiger partial charge on any atom is 0.273 e. The van der Waals surface area contributed by atoms with E-state index in [1.807, 2.05) is 19.2 Å². The van der Waals surface area contributed by atoms with Crippen LogP contribution in [0.1, 0.15) is 35.6 Å². The van der Waals surface area contributed by atoms with Gasteiger partial charge in [0.2, 0.25) is 0 Å². The minimum absolute atomic E-state index is 0.264. The second-order valence-corrected chi connectivity index (χ2v) is 7.54. The topological polar surface area (TPSA) is 91.2 Å². The Morgan fingerprint density at radius 3 is 2.63 bits per heavy atom. The Labute approximate surface area is 180 Å². The van der Waals surface area contributed by atoms with E-state index in [1.54, 1.807) is 22.2 Å². The van der Waals surface area contributed by atoms with E-state index in [0.29, 0.717) is 32.7 Å². The van der Waals surface area contributed by atoms with Gasteiger partial charge in [-0.3, -0.25) is 4.79 Å². The van der Waals surface area contributed by atoms with E-state index in [9.17, 15) is 4.79 Å². The highest BCUT2D eigenvalue weighted by atomic mass is 32.1. The summed E-state index contributed by atoms with van der Waals surface area (Å²) >= 11 is 1.61. The summed E-state index contributed by atoms with van der Waals surface area (Å²) < 4.78 is 12.5. The molecule has 2 heterocycles. The van der Waals surface area contributed by atoms with Crippen LogP contribution in [0, 0.1) is 6.92 Å². The molecule has 30 heavy (non-hydrogen) atoms. The van der Waals surface area contributed by atoms with Crippen LogP contribution in [0.2, 0.25) is 0 Å². The molecule has 1 amide bonds. The third-order valence-corrected chi connectivity index (χ3v) is 5.27. The van der Waals surface area contributed by atoms with Crippen LogP contribution in [0.25, 0.3) is 10.6 Å². The van der Waals surface area contributed by atoms with Crippen molar-refractivity contribution in [2.45, 2.75) is 40.0 Å². The van der Waals surface area contributed by atoms with E-state index in [2.05, 4.69) is 51.8 Å². The number of carbonyl (C=O) groups excluding carboxylic acids is 1. The molecule has 3 aromatic rings. The Kier molecular flexibility index (Phi) is 8.06. The van der Waals surface area contributed by atoms with Gasteiger partial charge in [-0.25, -0.2) is 9.67 Å². The van der Waals surface area contributed by atoms with Gasteiger partial charge in [0, 0.05) is 37.1 Å². The quantitative estimate of drug-likeness (QED) is 0.471. The molecule has 0 aliphatic heterocycles. The Morgan fingerprint density at radius 1 is 1.20 bits per heavy atom. The standard InChI is InChI=1S/C21H27N5O3S/c1-4-28-19(29-5-2)13-26-12-18(24-25-26)20(27)22-11-10-17-14-30-21(23-17)16-8-6-15(3)7-9-16/h6-9,12,14,19H,4-5,10-11,13H2,1-3H3,(H,22,27). The lowest BCUT2D eigenvalue weighted by Crippen LogP contribution is -2.26. The molecule has 9 heteroatoms. The molecule has 0 fully saturated rings. The molecule has 0 saturated heterocycles. The molecule has 0 unspecified atom stereocenters. The van der Waals surface area contributed by atoms with E-state index in [0.717, 1.165) is 16.3 Å². The summed E-state index contributed by atoms with van der Waals surface area (Å²) in [5.41, 5.74) is 3.55. The molecule has 160 valence electrons. The van der Waals surface area contributed by atoms with Gasteiger partial charge in [0.05, 0.1) is 18.4 Å². The molecule has 2 aromatic heterocycles. The van der Waals surface area contributed by atoms with E-state index >= 15 is 0 Å². The van der Waals surface area contributed by atoms with E-state index in [1.165, 1.54) is 5.56 Å². The second-order valence-electron chi connectivity index (χ2n) is 6.68. The Morgan fingerprint density at radius 2 is 1.93 bits per heavy atom. The highest BCUT2D eigenvalue weighted by Gasteiger charge is 2.14. The smallest absolute Gasteiger partial charge is 0.273 e. The number of hydrogen-bond donors (Lipinski definition) is 1. The number of amides is 1. The number of hydrogen-bond acceptors (Lipinski definition) is 7. The number of benzene rings is 1. The normalized spacial score (nSPS) is 11.2. The zero-order valence-electron chi connectivity index (χ0n) is 17.5. The fourth-order valence-electron chi connectivity index (χ4n) is 2.81. The van der Waals surface area contributed by atoms with Gasteiger partial charge in [-0.15, -0.1) is 16.4 Å². The summed E-state index contributed by atoms with van der Waals surface area (Å²) in [5.74, 6) is -0.264. The van der Waals surface area contributed by atoms with Gasteiger partial charge in [-0.2, -0.15) is 0 Å². The highest BCUT2D eigenvalue weighted by molar-refractivity contribution is 7.13. The molecule has 3 rings (SSSR count). The van der Waals surface area contributed by atoms with Crippen LogP contribution in [0.15, 0.2) is 35.8 Å². The van der Waals surface area contributed by atoms with Gasteiger partial charge in [-0.05, 0) is 20.8 Å². The molecule has 0 radical (unpaired) electrons. The maximum atomic E-state index is 12.3. The van der Waals surface area contributed by atoms with Crippen LogP contribution in [-0.2, 0) is 22.4 Å². The summed E-state index contributed by atoms with van der Waals surface area (Å²) in [6, 6.07) is 8.30. The predicted molar refractivity (Wildman–Crippen MR) is 115 cm³/mol. The van der Waals surface area contributed by atoms with Crippen LogP contribution < -0.4 is 5.32 Å². The van der Waals surface area contributed by atoms with E-state index in [4.69, 9.17) is 9.47 Å². The third kappa shape index (κ3) is 6.19. The van der Waals surface area contributed by atoms with Crippen LogP contribution in [0.3, 0.4) is 0 Å². The summed E-state index contributed by atoms with van der Waals surface area (Å²) in [4.78, 5) is 17.0.